The summed E-state index contributed by atoms with van der Waals surface area (Å²) in [5.74, 6) is 0.0754. The van der Waals surface area contributed by atoms with Gasteiger partial charge in [-0.15, -0.1) is 0 Å². The van der Waals surface area contributed by atoms with Crippen LogP contribution in [0.3, 0.4) is 0 Å². The molecule has 1 saturated heterocycles. The number of ether oxygens (including phenoxy) is 2. The molecular formula is C24H24N2O4. The molecule has 154 valence electrons. The maximum atomic E-state index is 13.0. The third-order valence-corrected chi connectivity index (χ3v) is 5.37. The number of aromatic nitrogens is 1. The first-order chi connectivity index (χ1) is 14.6. The molecule has 4 rings (SSSR count). The van der Waals surface area contributed by atoms with E-state index in [0.717, 1.165) is 37.2 Å². The van der Waals surface area contributed by atoms with E-state index in [-0.39, 0.29) is 5.91 Å². The van der Waals surface area contributed by atoms with Crippen molar-refractivity contribution in [3.05, 3.63) is 60.2 Å². The van der Waals surface area contributed by atoms with Gasteiger partial charge < -0.3 is 14.4 Å². The predicted octanol–water partition coefficient (Wildman–Crippen LogP) is 4.08. The minimum Gasteiger partial charge on any atom is -0.497 e. The molecule has 1 aliphatic rings. The summed E-state index contributed by atoms with van der Waals surface area (Å²) in [7, 11) is 1.61. The Balaban J connectivity index is 1.66. The Hall–Kier alpha value is -3.41. The van der Waals surface area contributed by atoms with E-state index < -0.39 is 12.1 Å². The fourth-order valence-electron chi connectivity index (χ4n) is 3.72. The minimum atomic E-state index is -0.827. The number of carbonyl (C=O) groups excluding carboxylic acids is 2. The number of fused-ring (bicyclic) bond motifs is 1. The summed E-state index contributed by atoms with van der Waals surface area (Å²) < 4.78 is 10.8. The van der Waals surface area contributed by atoms with Gasteiger partial charge in [-0.1, -0.05) is 18.2 Å². The first-order valence-electron chi connectivity index (χ1n) is 10.1. The number of esters is 1. The van der Waals surface area contributed by atoms with E-state index >= 15 is 0 Å². The molecule has 1 atom stereocenters. The number of nitrogens with zero attached hydrogens (tertiary/aromatic N) is 2. The lowest BCUT2D eigenvalue weighted by molar-refractivity contribution is -0.138. The van der Waals surface area contributed by atoms with Gasteiger partial charge in [0, 0.05) is 24.0 Å². The number of amides is 1. The average molecular weight is 404 g/mol. The minimum absolute atomic E-state index is 0.144. The lowest BCUT2D eigenvalue weighted by atomic mass is 10.0. The zero-order chi connectivity index (χ0) is 21.1. The summed E-state index contributed by atoms with van der Waals surface area (Å²) in [6.07, 6.45) is 1.16. The molecule has 2 aromatic carbocycles. The second-order valence-corrected chi connectivity index (χ2v) is 7.38. The van der Waals surface area contributed by atoms with Crippen LogP contribution in [0.2, 0.25) is 0 Å². The molecule has 6 heteroatoms. The van der Waals surface area contributed by atoms with E-state index in [0.29, 0.717) is 22.2 Å². The van der Waals surface area contributed by atoms with Gasteiger partial charge in [0.05, 0.1) is 23.9 Å². The van der Waals surface area contributed by atoms with Crippen LogP contribution in [0.25, 0.3) is 22.2 Å². The van der Waals surface area contributed by atoms with Crippen LogP contribution in [0.1, 0.15) is 30.1 Å². The highest BCUT2D eigenvalue weighted by Gasteiger charge is 2.27. The van der Waals surface area contributed by atoms with Gasteiger partial charge in [0.1, 0.15) is 5.75 Å². The summed E-state index contributed by atoms with van der Waals surface area (Å²) in [5.41, 5.74) is 2.60. The van der Waals surface area contributed by atoms with E-state index in [1.54, 1.807) is 25.0 Å². The van der Waals surface area contributed by atoms with Crippen LogP contribution in [0.15, 0.2) is 54.6 Å². The molecule has 0 N–H and O–H groups in total. The van der Waals surface area contributed by atoms with Crippen LogP contribution in [0.4, 0.5) is 0 Å². The van der Waals surface area contributed by atoms with Gasteiger partial charge in [0.25, 0.3) is 5.91 Å². The molecule has 30 heavy (non-hydrogen) atoms. The van der Waals surface area contributed by atoms with Gasteiger partial charge in [-0.25, -0.2) is 9.78 Å². The zero-order valence-electron chi connectivity index (χ0n) is 17.1. The Labute approximate surface area is 175 Å². The second-order valence-electron chi connectivity index (χ2n) is 7.38. The molecule has 3 aromatic rings. The first kappa shape index (κ1) is 19.9. The van der Waals surface area contributed by atoms with Crippen LogP contribution in [-0.4, -0.2) is 48.1 Å². The van der Waals surface area contributed by atoms with Gasteiger partial charge in [-0.2, -0.15) is 0 Å². The summed E-state index contributed by atoms with van der Waals surface area (Å²) >= 11 is 0. The number of likely N-dealkylation sites (tertiary alicyclic amines) is 1. The van der Waals surface area contributed by atoms with Crippen molar-refractivity contribution in [2.45, 2.75) is 25.9 Å². The Kier molecular flexibility index (Phi) is 5.65. The van der Waals surface area contributed by atoms with E-state index in [2.05, 4.69) is 0 Å². The van der Waals surface area contributed by atoms with E-state index in [1.807, 2.05) is 48.5 Å². The topological polar surface area (TPSA) is 68.7 Å². The van der Waals surface area contributed by atoms with Crippen molar-refractivity contribution in [3.63, 3.8) is 0 Å². The third kappa shape index (κ3) is 3.99. The molecule has 1 unspecified atom stereocenters. The molecule has 1 aromatic heterocycles. The average Bonchev–Trinajstić information content (AvgIpc) is 3.32. The maximum absolute atomic E-state index is 13.0. The zero-order valence-corrected chi connectivity index (χ0v) is 17.1. The van der Waals surface area contributed by atoms with Crippen molar-refractivity contribution < 1.29 is 19.1 Å². The number of benzene rings is 2. The van der Waals surface area contributed by atoms with Crippen molar-refractivity contribution in [1.82, 2.24) is 9.88 Å². The van der Waals surface area contributed by atoms with Crippen molar-refractivity contribution >= 4 is 22.8 Å². The fraction of sp³-hybridized carbons (Fsp3) is 0.292. The lowest BCUT2D eigenvalue weighted by Crippen LogP contribution is -2.38. The van der Waals surface area contributed by atoms with E-state index in [4.69, 9.17) is 14.5 Å². The monoisotopic (exact) mass is 404 g/mol. The first-order valence-corrected chi connectivity index (χ1v) is 10.1. The molecular weight excluding hydrogens is 380 g/mol. The Morgan fingerprint density at radius 2 is 1.73 bits per heavy atom. The highest BCUT2D eigenvalue weighted by Crippen LogP contribution is 2.27. The standard InChI is InChI=1S/C24H24N2O4/c1-16(23(27)26-13-5-6-14-26)30-24(28)20-15-22(17-9-11-18(29-2)12-10-17)25-21-8-4-3-7-19(20)21/h3-4,7-12,15-16H,5-6,13-14H2,1-2H3. The summed E-state index contributed by atoms with van der Waals surface area (Å²) in [4.78, 5) is 32.0. The largest absolute Gasteiger partial charge is 0.497 e. The lowest BCUT2D eigenvalue weighted by Gasteiger charge is -2.20. The number of hydrogen-bond donors (Lipinski definition) is 0. The van der Waals surface area contributed by atoms with Crippen LogP contribution in [-0.2, 0) is 9.53 Å². The predicted molar refractivity (Wildman–Crippen MR) is 114 cm³/mol. The van der Waals surface area contributed by atoms with E-state index in [1.165, 1.54) is 0 Å². The van der Waals surface area contributed by atoms with Crippen LogP contribution >= 0.6 is 0 Å². The van der Waals surface area contributed by atoms with Crippen molar-refractivity contribution in [1.29, 1.82) is 0 Å². The number of carbonyl (C=O) groups is 2. The van der Waals surface area contributed by atoms with Gasteiger partial charge in [0.15, 0.2) is 6.10 Å². The molecule has 0 radical (unpaired) electrons. The molecule has 6 nitrogen and oxygen atoms in total. The second kappa shape index (κ2) is 8.53. The van der Waals surface area contributed by atoms with Crippen LogP contribution in [0.5, 0.6) is 5.75 Å². The van der Waals surface area contributed by atoms with Gasteiger partial charge >= 0.3 is 5.97 Å². The summed E-state index contributed by atoms with van der Waals surface area (Å²) in [5, 5.41) is 0.695. The summed E-state index contributed by atoms with van der Waals surface area (Å²) in [6, 6.07) is 16.6. The quantitative estimate of drug-likeness (QED) is 0.600. The number of rotatable bonds is 5. The normalized spacial score (nSPS) is 14.5. The Morgan fingerprint density at radius 3 is 2.43 bits per heavy atom. The van der Waals surface area contributed by atoms with Crippen molar-refractivity contribution in [3.8, 4) is 17.0 Å². The fourth-order valence-corrected chi connectivity index (χ4v) is 3.72. The molecule has 1 amide bonds. The van der Waals surface area contributed by atoms with Gasteiger partial charge in [0.2, 0.25) is 0 Å². The molecule has 1 fully saturated rings. The molecule has 1 aliphatic heterocycles. The molecule has 0 saturated carbocycles. The molecule has 0 aliphatic carbocycles. The SMILES string of the molecule is COc1ccc(-c2cc(C(=O)OC(C)C(=O)N3CCCC3)c3ccccc3n2)cc1. The Bertz CT molecular complexity index is 1070. The van der Waals surface area contributed by atoms with Gasteiger partial charge in [-0.3, -0.25) is 4.79 Å². The third-order valence-electron chi connectivity index (χ3n) is 5.37. The van der Waals surface area contributed by atoms with Crippen LogP contribution in [0, 0.1) is 0 Å². The molecule has 2 heterocycles. The highest BCUT2D eigenvalue weighted by molar-refractivity contribution is 6.05. The number of methoxy groups -OCH3 is 1. The number of para-hydroxylation sites is 1. The van der Waals surface area contributed by atoms with Crippen molar-refractivity contribution in [2.75, 3.05) is 20.2 Å². The molecule has 0 spiro atoms. The highest BCUT2D eigenvalue weighted by atomic mass is 16.5. The number of pyridine rings is 1. The smallest absolute Gasteiger partial charge is 0.339 e. The van der Waals surface area contributed by atoms with Crippen molar-refractivity contribution in [2.24, 2.45) is 0 Å². The van der Waals surface area contributed by atoms with Crippen LogP contribution < -0.4 is 4.74 Å². The summed E-state index contributed by atoms with van der Waals surface area (Å²) in [6.45, 7) is 3.08. The molecule has 0 bridgehead atoms. The number of hydrogen-bond acceptors (Lipinski definition) is 5. The van der Waals surface area contributed by atoms with E-state index in [9.17, 15) is 9.59 Å². The van der Waals surface area contributed by atoms with Gasteiger partial charge in [-0.05, 0) is 56.2 Å². The maximum Gasteiger partial charge on any atom is 0.339 e. The Morgan fingerprint density at radius 1 is 1.03 bits per heavy atom.